The monoisotopic (exact) mass is 375 g/mol. The highest BCUT2D eigenvalue weighted by atomic mass is 32.2. The lowest BCUT2D eigenvalue weighted by molar-refractivity contribution is 0.0444. The van der Waals surface area contributed by atoms with Crippen molar-refractivity contribution in [3.8, 4) is 5.75 Å². The van der Waals surface area contributed by atoms with Crippen LogP contribution in [0.15, 0.2) is 48.8 Å². The van der Waals surface area contributed by atoms with Crippen LogP contribution < -0.4 is 4.74 Å². The number of rotatable bonds is 6. The zero-order chi connectivity index (χ0) is 18.7. The van der Waals surface area contributed by atoms with Crippen molar-refractivity contribution in [3.63, 3.8) is 0 Å². The Morgan fingerprint density at radius 3 is 2.35 bits per heavy atom. The number of hydrogen-bond donors (Lipinski definition) is 0. The average molecular weight is 375 g/mol. The van der Waals surface area contributed by atoms with E-state index in [1.807, 2.05) is 0 Å². The predicted molar refractivity (Wildman–Crippen MR) is 97.3 cm³/mol. The highest BCUT2D eigenvalue weighted by Crippen LogP contribution is 2.23. The number of hydrogen-bond acceptors (Lipinski definition) is 5. The van der Waals surface area contributed by atoms with Crippen molar-refractivity contribution in [2.45, 2.75) is 12.6 Å². The van der Waals surface area contributed by atoms with Gasteiger partial charge in [0.1, 0.15) is 5.75 Å². The van der Waals surface area contributed by atoms with Gasteiger partial charge in [-0.2, -0.15) is 4.31 Å². The predicted octanol–water partition coefficient (Wildman–Crippen LogP) is 1.38. The lowest BCUT2D eigenvalue weighted by Crippen LogP contribution is -2.61. The van der Waals surface area contributed by atoms with Crippen molar-refractivity contribution in [1.82, 2.24) is 14.2 Å². The molecule has 0 bridgehead atoms. The fourth-order valence-corrected chi connectivity index (χ4v) is 3.96. The van der Waals surface area contributed by atoms with Crippen molar-refractivity contribution in [2.75, 3.05) is 26.5 Å². The number of nitrogens with zero attached hydrogens (tertiary/aromatic N) is 3. The second-order valence-electron chi connectivity index (χ2n) is 6.26. The molecule has 1 aromatic carbocycles. The summed E-state index contributed by atoms with van der Waals surface area (Å²) in [6.07, 6.45) is 4.47. The molecule has 26 heavy (non-hydrogen) atoms. The summed E-state index contributed by atoms with van der Waals surface area (Å²) in [5.41, 5.74) is 1.43. The SMILES string of the molecule is COc1ccc(C(=O)N2CC(N(Cc3ccncc3)S(C)(=O)=O)C2)cc1. The standard InChI is InChI=1S/C18H21N3O4S/c1-25-17-5-3-15(4-6-17)18(22)20-12-16(13-20)21(26(2,23)24)11-14-7-9-19-10-8-14/h3-10,16H,11-13H2,1-2H3. The molecular formula is C18H21N3O4S. The molecule has 1 aromatic heterocycles. The van der Waals surface area contributed by atoms with E-state index in [1.165, 1.54) is 10.6 Å². The van der Waals surface area contributed by atoms with Crippen LogP contribution in [0.1, 0.15) is 15.9 Å². The quantitative estimate of drug-likeness (QED) is 0.762. The molecule has 1 aliphatic heterocycles. The number of sulfonamides is 1. The van der Waals surface area contributed by atoms with Gasteiger partial charge >= 0.3 is 0 Å². The summed E-state index contributed by atoms with van der Waals surface area (Å²) < 4.78 is 30.9. The normalized spacial score (nSPS) is 15.0. The number of carbonyl (C=O) groups excluding carboxylic acids is 1. The van der Waals surface area contributed by atoms with Gasteiger partial charge in [-0.3, -0.25) is 9.78 Å². The van der Waals surface area contributed by atoms with Gasteiger partial charge in [-0.1, -0.05) is 0 Å². The molecule has 1 aliphatic rings. The Labute approximate surface area is 153 Å². The first-order valence-electron chi connectivity index (χ1n) is 8.17. The second-order valence-corrected chi connectivity index (χ2v) is 8.19. The lowest BCUT2D eigenvalue weighted by atomic mass is 10.1. The summed E-state index contributed by atoms with van der Waals surface area (Å²) in [6, 6.07) is 10.2. The first-order valence-corrected chi connectivity index (χ1v) is 10.0. The molecular weight excluding hydrogens is 354 g/mol. The van der Waals surface area contributed by atoms with E-state index in [9.17, 15) is 13.2 Å². The van der Waals surface area contributed by atoms with Crippen LogP contribution in [0, 0.1) is 0 Å². The summed E-state index contributed by atoms with van der Waals surface area (Å²) >= 11 is 0. The molecule has 0 atom stereocenters. The summed E-state index contributed by atoms with van der Waals surface area (Å²) in [5.74, 6) is 0.574. The van der Waals surface area contributed by atoms with Gasteiger partial charge in [0.2, 0.25) is 10.0 Å². The summed E-state index contributed by atoms with van der Waals surface area (Å²) in [4.78, 5) is 18.1. The molecule has 0 aliphatic carbocycles. The molecule has 138 valence electrons. The van der Waals surface area contributed by atoms with Gasteiger partial charge in [0, 0.05) is 37.6 Å². The van der Waals surface area contributed by atoms with Gasteiger partial charge < -0.3 is 9.64 Å². The van der Waals surface area contributed by atoms with E-state index in [-0.39, 0.29) is 18.5 Å². The van der Waals surface area contributed by atoms with Crippen LogP contribution in [0.2, 0.25) is 0 Å². The van der Waals surface area contributed by atoms with Crippen molar-refractivity contribution in [2.24, 2.45) is 0 Å². The summed E-state index contributed by atoms with van der Waals surface area (Å²) in [5, 5.41) is 0. The van der Waals surface area contributed by atoms with E-state index >= 15 is 0 Å². The molecule has 2 heterocycles. The third kappa shape index (κ3) is 4.03. The Morgan fingerprint density at radius 1 is 1.19 bits per heavy atom. The zero-order valence-electron chi connectivity index (χ0n) is 14.7. The van der Waals surface area contributed by atoms with Gasteiger partial charge in [0.05, 0.1) is 19.4 Å². The molecule has 0 N–H and O–H groups in total. The smallest absolute Gasteiger partial charge is 0.253 e. The van der Waals surface area contributed by atoms with Gasteiger partial charge in [-0.25, -0.2) is 8.42 Å². The molecule has 8 heteroatoms. The van der Waals surface area contributed by atoms with Crippen LogP contribution in [0.4, 0.5) is 0 Å². The molecule has 2 aromatic rings. The maximum absolute atomic E-state index is 12.5. The van der Waals surface area contributed by atoms with Crippen LogP contribution in [0.3, 0.4) is 0 Å². The Hall–Kier alpha value is -2.45. The van der Waals surface area contributed by atoms with E-state index in [1.54, 1.807) is 60.8 Å². The number of carbonyl (C=O) groups is 1. The summed E-state index contributed by atoms with van der Waals surface area (Å²) in [6.45, 7) is 1.03. The van der Waals surface area contributed by atoms with Crippen molar-refractivity contribution in [1.29, 1.82) is 0 Å². The second kappa shape index (κ2) is 7.43. The highest BCUT2D eigenvalue weighted by molar-refractivity contribution is 7.88. The molecule has 0 saturated carbocycles. The van der Waals surface area contributed by atoms with Gasteiger partial charge in [0.15, 0.2) is 0 Å². The van der Waals surface area contributed by atoms with E-state index < -0.39 is 10.0 Å². The van der Waals surface area contributed by atoms with Crippen molar-refractivity contribution < 1.29 is 17.9 Å². The maximum atomic E-state index is 12.5. The number of likely N-dealkylation sites (tertiary alicyclic amines) is 1. The van der Waals surface area contributed by atoms with Crippen LogP contribution >= 0.6 is 0 Å². The number of aromatic nitrogens is 1. The lowest BCUT2D eigenvalue weighted by Gasteiger charge is -2.44. The van der Waals surface area contributed by atoms with Crippen LogP contribution in [-0.2, 0) is 16.6 Å². The maximum Gasteiger partial charge on any atom is 0.253 e. The third-order valence-corrected chi connectivity index (χ3v) is 5.69. The number of pyridine rings is 1. The van der Waals surface area contributed by atoms with Crippen LogP contribution in [-0.4, -0.2) is 61.0 Å². The van der Waals surface area contributed by atoms with E-state index in [2.05, 4.69) is 4.98 Å². The Bertz CT molecular complexity index is 863. The van der Waals surface area contributed by atoms with E-state index in [0.29, 0.717) is 24.4 Å². The minimum absolute atomic E-state index is 0.110. The first kappa shape index (κ1) is 18.3. The number of methoxy groups -OCH3 is 1. The largest absolute Gasteiger partial charge is 0.497 e. The van der Waals surface area contributed by atoms with Crippen LogP contribution in [0.25, 0.3) is 0 Å². The summed E-state index contributed by atoms with van der Waals surface area (Å²) in [7, 11) is -1.82. The van der Waals surface area contributed by atoms with Crippen LogP contribution in [0.5, 0.6) is 5.75 Å². The van der Waals surface area contributed by atoms with Gasteiger partial charge in [-0.05, 0) is 42.0 Å². The third-order valence-electron chi connectivity index (χ3n) is 4.41. The molecule has 1 fully saturated rings. The van der Waals surface area contributed by atoms with Gasteiger partial charge in [-0.15, -0.1) is 0 Å². The molecule has 1 amide bonds. The van der Waals surface area contributed by atoms with E-state index in [4.69, 9.17) is 4.74 Å². The Kier molecular flexibility index (Phi) is 5.24. The minimum atomic E-state index is -3.39. The molecule has 0 unspecified atom stereocenters. The molecule has 0 radical (unpaired) electrons. The fourth-order valence-electron chi connectivity index (χ4n) is 2.90. The van der Waals surface area contributed by atoms with Gasteiger partial charge in [0.25, 0.3) is 5.91 Å². The zero-order valence-corrected chi connectivity index (χ0v) is 15.5. The molecule has 1 saturated heterocycles. The van der Waals surface area contributed by atoms with E-state index in [0.717, 1.165) is 5.56 Å². The molecule has 7 nitrogen and oxygen atoms in total. The number of benzene rings is 1. The molecule has 3 rings (SSSR count). The number of amides is 1. The van der Waals surface area contributed by atoms with Crippen molar-refractivity contribution in [3.05, 3.63) is 59.9 Å². The Morgan fingerprint density at radius 2 is 1.81 bits per heavy atom. The highest BCUT2D eigenvalue weighted by Gasteiger charge is 2.39. The fraction of sp³-hybridized carbons (Fsp3) is 0.333. The molecule has 0 spiro atoms. The topological polar surface area (TPSA) is 79.8 Å². The Balaban J connectivity index is 1.66. The van der Waals surface area contributed by atoms with Crippen molar-refractivity contribution >= 4 is 15.9 Å². The first-order chi connectivity index (χ1) is 12.4. The minimum Gasteiger partial charge on any atom is -0.497 e. The average Bonchev–Trinajstić information content (AvgIpc) is 2.59. The number of ether oxygens (including phenoxy) is 1.